The smallest absolute Gasteiger partial charge is 0.336 e. The molecule has 1 aromatic heterocycles. The summed E-state index contributed by atoms with van der Waals surface area (Å²) in [7, 11) is 0. The van der Waals surface area contributed by atoms with Gasteiger partial charge in [0.05, 0.1) is 21.8 Å². The molecule has 30 heavy (non-hydrogen) atoms. The average Bonchev–Trinajstić information content (AvgIpc) is 3.06. The summed E-state index contributed by atoms with van der Waals surface area (Å²) in [5.74, 6) is 0.796. The minimum Gasteiger partial charge on any atom is -0.460 e. The standard InChI is InChI=1S/C22H24Cl2N4O2/c1-13(2)10-20(29)25-16-6-5-7-17(12-16)28-21(26-22(27-28)30-14(3)4)15-8-9-18(23)19(24)11-15/h5-9,11-14H,10H2,1-4H3,(H,25,29). The first-order valence-corrected chi connectivity index (χ1v) is 10.5. The molecular weight excluding hydrogens is 423 g/mol. The van der Waals surface area contributed by atoms with Crippen LogP contribution in [0, 0.1) is 5.92 Å². The molecule has 6 nitrogen and oxygen atoms in total. The number of aromatic nitrogens is 3. The van der Waals surface area contributed by atoms with E-state index in [1.807, 2.05) is 58.0 Å². The molecule has 8 heteroatoms. The number of nitrogens with one attached hydrogen (secondary N) is 1. The zero-order valence-electron chi connectivity index (χ0n) is 17.3. The van der Waals surface area contributed by atoms with E-state index in [1.165, 1.54) is 0 Å². The SMILES string of the molecule is CC(C)CC(=O)Nc1cccc(-n2nc(OC(C)C)nc2-c2ccc(Cl)c(Cl)c2)c1. The third-order valence-corrected chi connectivity index (χ3v) is 4.81. The fourth-order valence-corrected chi connectivity index (χ4v) is 3.15. The highest BCUT2D eigenvalue weighted by Crippen LogP contribution is 2.30. The molecule has 0 aliphatic carbocycles. The van der Waals surface area contributed by atoms with Crippen LogP contribution in [0.3, 0.4) is 0 Å². The summed E-state index contributed by atoms with van der Waals surface area (Å²) in [6.45, 7) is 7.82. The lowest BCUT2D eigenvalue weighted by Gasteiger charge is -2.10. The number of amides is 1. The lowest BCUT2D eigenvalue weighted by molar-refractivity contribution is -0.116. The van der Waals surface area contributed by atoms with E-state index >= 15 is 0 Å². The van der Waals surface area contributed by atoms with Crippen molar-refractivity contribution in [3.63, 3.8) is 0 Å². The van der Waals surface area contributed by atoms with Crippen LogP contribution < -0.4 is 10.1 Å². The number of rotatable bonds is 7. The fourth-order valence-electron chi connectivity index (χ4n) is 2.85. The molecule has 0 unspecified atom stereocenters. The van der Waals surface area contributed by atoms with Gasteiger partial charge in [0, 0.05) is 17.7 Å². The molecule has 158 valence electrons. The molecule has 0 fully saturated rings. The van der Waals surface area contributed by atoms with E-state index in [1.54, 1.807) is 16.8 Å². The third kappa shape index (κ3) is 5.52. The van der Waals surface area contributed by atoms with Gasteiger partial charge in [0.15, 0.2) is 5.82 Å². The number of ether oxygens (including phenoxy) is 1. The Morgan fingerprint density at radius 1 is 1.10 bits per heavy atom. The maximum atomic E-state index is 12.2. The van der Waals surface area contributed by atoms with Gasteiger partial charge in [-0.1, -0.05) is 43.1 Å². The van der Waals surface area contributed by atoms with Crippen LogP contribution in [0.4, 0.5) is 5.69 Å². The van der Waals surface area contributed by atoms with Gasteiger partial charge in [-0.25, -0.2) is 4.68 Å². The molecule has 0 radical (unpaired) electrons. The van der Waals surface area contributed by atoms with Gasteiger partial charge in [-0.2, -0.15) is 4.98 Å². The Labute approximate surface area is 186 Å². The maximum absolute atomic E-state index is 12.2. The molecule has 0 aliphatic heterocycles. The van der Waals surface area contributed by atoms with Gasteiger partial charge in [-0.05, 0) is 56.2 Å². The molecule has 1 heterocycles. The molecule has 0 saturated heterocycles. The number of carbonyl (C=O) groups is 1. The summed E-state index contributed by atoms with van der Waals surface area (Å²) >= 11 is 12.3. The summed E-state index contributed by atoms with van der Waals surface area (Å²) in [5.41, 5.74) is 2.15. The van der Waals surface area contributed by atoms with E-state index in [4.69, 9.17) is 27.9 Å². The second kappa shape index (κ2) is 9.49. The van der Waals surface area contributed by atoms with Gasteiger partial charge >= 0.3 is 6.01 Å². The first-order valence-electron chi connectivity index (χ1n) is 9.72. The minimum absolute atomic E-state index is 0.0331. The largest absolute Gasteiger partial charge is 0.460 e. The zero-order valence-corrected chi connectivity index (χ0v) is 18.8. The Hall–Kier alpha value is -2.57. The van der Waals surface area contributed by atoms with Crippen LogP contribution in [0.25, 0.3) is 17.1 Å². The van der Waals surface area contributed by atoms with Crippen molar-refractivity contribution in [2.75, 3.05) is 5.32 Å². The lowest BCUT2D eigenvalue weighted by Crippen LogP contribution is -2.14. The number of hydrogen-bond acceptors (Lipinski definition) is 4. The molecule has 3 aromatic rings. The van der Waals surface area contributed by atoms with Crippen molar-refractivity contribution in [3.8, 4) is 23.1 Å². The maximum Gasteiger partial charge on any atom is 0.336 e. The van der Waals surface area contributed by atoms with Crippen LogP contribution in [-0.4, -0.2) is 26.8 Å². The highest BCUT2D eigenvalue weighted by atomic mass is 35.5. The second-order valence-corrected chi connectivity index (χ2v) is 8.44. The number of benzene rings is 2. The van der Waals surface area contributed by atoms with Crippen molar-refractivity contribution in [3.05, 3.63) is 52.5 Å². The Balaban J connectivity index is 2.02. The molecule has 2 aromatic carbocycles. The van der Waals surface area contributed by atoms with Gasteiger partial charge in [0.25, 0.3) is 0 Å². The monoisotopic (exact) mass is 446 g/mol. The van der Waals surface area contributed by atoms with Crippen molar-refractivity contribution in [1.82, 2.24) is 14.8 Å². The van der Waals surface area contributed by atoms with Crippen LogP contribution in [0.15, 0.2) is 42.5 Å². The molecule has 0 atom stereocenters. The van der Waals surface area contributed by atoms with Gasteiger partial charge < -0.3 is 10.1 Å². The molecule has 1 amide bonds. The Kier molecular flexibility index (Phi) is 7.00. The molecule has 0 bridgehead atoms. The van der Waals surface area contributed by atoms with Crippen LogP contribution in [0.1, 0.15) is 34.1 Å². The van der Waals surface area contributed by atoms with Crippen molar-refractivity contribution >= 4 is 34.8 Å². The summed E-state index contributed by atoms with van der Waals surface area (Å²) in [6.07, 6.45) is 0.373. The van der Waals surface area contributed by atoms with Crippen LogP contribution in [-0.2, 0) is 4.79 Å². The Morgan fingerprint density at radius 2 is 1.87 bits per heavy atom. The van der Waals surface area contributed by atoms with E-state index in [0.29, 0.717) is 28.0 Å². The van der Waals surface area contributed by atoms with Crippen LogP contribution >= 0.6 is 23.2 Å². The number of carbonyl (C=O) groups excluding carboxylic acids is 1. The normalized spacial score (nSPS) is 11.2. The van der Waals surface area contributed by atoms with Gasteiger partial charge in [-0.15, -0.1) is 5.10 Å². The van der Waals surface area contributed by atoms with Crippen molar-refractivity contribution in [2.24, 2.45) is 5.92 Å². The van der Waals surface area contributed by atoms with E-state index in [2.05, 4.69) is 15.4 Å². The highest BCUT2D eigenvalue weighted by molar-refractivity contribution is 6.42. The molecule has 0 aliphatic rings. The summed E-state index contributed by atoms with van der Waals surface area (Å²) in [5, 5.41) is 8.32. The number of halogens is 2. The average molecular weight is 447 g/mol. The first-order chi connectivity index (χ1) is 14.2. The Morgan fingerprint density at radius 3 is 2.53 bits per heavy atom. The Bertz CT molecular complexity index is 1050. The van der Waals surface area contributed by atoms with Gasteiger partial charge in [0.1, 0.15) is 0 Å². The number of hydrogen-bond donors (Lipinski definition) is 1. The second-order valence-electron chi connectivity index (χ2n) is 7.62. The summed E-state index contributed by atoms with van der Waals surface area (Å²) in [4.78, 5) is 16.7. The van der Waals surface area contributed by atoms with E-state index in [0.717, 1.165) is 11.3 Å². The molecule has 3 rings (SSSR count). The summed E-state index contributed by atoms with van der Waals surface area (Å²) < 4.78 is 7.36. The van der Waals surface area contributed by atoms with Gasteiger partial charge in [-0.3, -0.25) is 4.79 Å². The predicted molar refractivity (Wildman–Crippen MR) is 121 cm³/mol. The molecule has 0 saturated carbocycles. The molecule has 1 N–H and O–H groups in total. The predicted octanol–water partition coefficient (Wildman–Crippen LogP) is 6.01. The van der Waals surface area contributed by atoms with Crippen LogP contribution in [0.2, 0.25) is 10.0 Å². The number of anilines is 1. The minimum atomic E-state index is -0.0795. The van der Waals surface area contributed by atoms with Crippen molar-refractivity contribution in [2.45, 2.75) is 40.2 Å². The lowest BCUT2D eigenvalue weighted by atomic mass is 10.1. The van der Waals surface area contributed by atoms with Crippen molar-refractivity contribution < 1.29 is 9.53 Å². The van der Waals surface area contributed by atoms with Gasteiger partial charge in [0.2, 0.25) is 5.91 Å². The van der Waals surface area contributed by atoms with Crippen molar-refractivity contribution in [1.29, 1.82) is 0 Å². The van der Waals surface area contributed by atoms with E-state index in [9.17, 15) is 4.79 Å². The highest BCUT2D eigenvalue weighted by Gasteiger charge is 2.17. The molecule has 0 spiro atoms. The number of nitrogens with zero attached hydrogens (tertiary/aromatic N) is 3. The van der Waals surface area contributed by atoms with E-state index in [-0.39, 0.29) is 23.9 Å². The topological polar surface area (TPSA) is 69.0 Å². The quantitative estimate of drug-likeness (QED) is 0.481. The van der Waals surface area contributed by atoms with Crippen LogP contribution in [0.5, 0.6) is 6.01 Å². The zero-order chi connectivity index (χ0) is 21.8. The van der Waals surface area contributed by atoms with E-state index < -0.39 is 0 Å². The molecular formula is C22H24Cl2N4O2. The third-order valence-electron chi connectivity index (χ3n) is 4.07. The first kappa shape index (κ1) is 22.1. The fraction of sp³-hybridized carbons (Fsp3) is 0.318. The summed E-state index contributed by atoms with van der Waals surface area (Å²) in [6, 6.07) is 12.9.